The summed E-state index contributed by atoms with van der Waals surface area (Å²) in [5, 5.41) is 9.80. The Hall–Kier alpha value is -1.83. The third kappa shape index (κ3) is 3.73. The molecule has 0 saturated carbocycles. The van der Waals surface area contributed by atoms with Crippen molar-refractivity contribution in [3.05, 3.63) is 24.3 Å². The molecule has 0 amide bonds. The quantitative estimate of drug-likeness (QED) is 0.839. The second-order valence-electron chi connectivity index (χ2n) is 6.57. The van der Waals surface area contributed by atoms with Gasteiger partial charge in [-0.3, -0.25) is 9.69 Å². The van der Waals surface area contributed by atoms with Gasteiger partial charge in [-0.1, -0.05) is 12.1 Å². The van der Waals surface area contributed by atoms with Crippen molar-refractivity contribution in [2.24, 2.45) is 5.92 Å². The zero-order chi connectivity index (χ0) is 18.0. The van der Waals surface area contributed by atoms with Crippen LogP contribution in [-0.4, -0.2) is 60.4 Å². The predicted octanol–water partition coefficient (Wildman–Crippen LogP) is 1.96. The van der Waals surface area contributed by atoms with Crippen LogP contribution in [0.4, 0.5) is 0 Å². The highest BCUT2D eigenvalue weighted by molar-refractivity contribution is 5.72. The second kappa shape index (κ2) is 7.19. The van der Waals surface area contributed by atoms with Crippen molar-refractivity contribution in [3.63, 3.8) is 0 Å². The van der Waals surface area contributed by atoms with Crippen molar-refractivity contribution in [2.45, 2.75) is 38.9 Å². The van der Waals surface area contributed by atoms with Crippen LogP contribution in [0.25, 0.3) is 0 Å². The molecular formula is C18H25NO6. The molecule has 7 nitrogen and oxygen atoms in total. The number of morpholine rings is 1. The highest BCUT2D eigenvalue weighted by Crippen LogP contribution is 2.43. The first-order valence-electron chi connectivity index (χ1n) is 8.58. The molecule has 1 fully saturated rings. The molecule has 2 aliphatic rings. The van der Waals surface area contributed by atoms with E-state index in [0.717, 1.165) is 13.1 Å². The number of para-hydroxylation sites is 2. The molecule has 1 aromatic carbocycles. The van der Waals surface area contributed by atoms with Gasteiger partial charge in [0.15, 0.2) is 17.4 Å². The number of fused-ring (bicyclic) bond motifs is 1. The smallest absolute Gasteiger partial charge is 0.317 e. The van der Waals surface area contributed by atoms with Crippen LogP contribution in [0.15, 0.2) is 24.3 Å². The highest BCUT2D eigenvalue weighted by atomic mass is 16.7. The fourth-order valence-corrected chi connectivity index (χ4v) is 3.47. The first-order chi connectivity index (χ1) is 11.9. The molecule has 0 spiro atoms. The number of benzene rings is 1. The van der Waals surface area contributed by atoms with E-state index in [4.69, 9.17) is 18.9 Å². The van der Waals surface area contributed by atoms with Crippen LogP contribution in [0.5, 0.6) is 11.5 Å². The summed E-state index contributed by atoms with van der Waals surface area (Å²) in [6, 6.07) is 7.18. The third-order valence-electron chi connectivity index (χ3n) is 4.75. The monoisotopic (exact) mass is 351 g/mol. The Morgan fingerprint density at radius 1 is 1.20 bits per heavy atom. The number of ether oxygens (including phenoxy) is 4. The SMILES string of the molecule is CC(OC(C)N1CCOCC1)C(C(=O)O)C1(C)Oc2ccccc2O1. The molecule has 7 heteroatoms. The molecule has 0 radical (unpaired) electrons. The van der Waals surface area contributed by atoms with E-state index >= 15 is 0 Å². The van der Waals surface area contributed by atoms with Crippen LogP contribution < -0.4 is 9.47 Å². The number of aliphatic carboxylic acids is 1. The van der Waals surface area contributed by atoms with Crippen molar-refractivity contribution in [1.29, 1.82) is 0 Å². The van der Waals surface area contributed by atoms with Crippen LogP contribution in [-0.2, 0) is 14.3 Å². The average Bonchev–Trinajstić information content (AvgIpc) is 2.91. The predicted molar refractivity (Wildman–Crippen MR) is 89.6 cm³/mol. The molecule has 0 bridgehead atoms. The van der Waals surface area contributed by atoms with Gasteiger partial charge in [0.1, 0.15) is 6.23 Å². The zero-order valence-electron chi connectivity index (χ0n) is 14.8. The maximum absolute atomic E-state index is 12.0. The summed E-state index contributed by atoms with van der Waals surface area (Å²) in [6.45, 7) is 8.16. The summed E-state index contributed by atoms with van der Waals surface area (Å²) >= 11 is 0. The van der Waals surface area contributed by atoms with Gasteiger partial charge in [0.05, 0.1) is 19.3 Å². The Morgan fingerprint density at radius 3 is 2.28 bits per heavy atom. The molecule has 2 heterocycles. The number of hydrogen-bond acceptors (Lipinski definition) is 6. The fourth-order valence-electron chi connectivity index (χ4n) is 3.47. The van der Waals surface area contributed by atoms with Gasteiger partial charge in [-0.15, -0.1) is 0 Å². The molecule has 1 aromatic rings. The van der Waals surface area contributed by atoms with Gasteiger partial charge in [-0.05, 0) is 26.0 Å². The van der Waals surface area contributed by atoms with Gasteiger partial charge < -0.3 is 24.1 Å². The maximum Gasteiger partial charge on any atom is 0.317 e. The largest absolute Gasteiger partial charge is 0.481 e. The number of carboxylic acids is 1. The molecule has 3 atom stereocenters. The average molecular weight is 351 g/mol. The maximum atomic E-state index is 12.0. The van der Waals surface area contributed by atoms with Crippen LogP contribution in [0.1, 0.15) is 20.8 Å². The van der Waals surface area contributed by atoms with E-state index in [1.54, 1.807) is 26.0 Å². The lowest BCUT2D eigenvalue weighted by Gasteiger charge is -2.37. The van der Waals surface area contributed by atoms with E-state index in [0.29, 0.717) is 24.7 Å². The van der Waals surface area contributed by atoms with Gasteiger partial charge >= 0.3 is 5.97 Å². The first-order valence-corrected chi connectivity index (χ1v) is 8.58. The van der Waals surface area contributed by atoms with Crippen molar-refractivity contribution in [2.75, 3.05) is 26.3 Å². The Morgan fingerprint density at radius 2 is 1.76 bits per heavy atom. The van der Waals surface area contributed by atoms with Crippen LogP contribution >= 0.6 is 0 Å². The molecule has 2 aliphatic heterocycles. The van der Waals surface area contributed by atoms with Crippen LogP contribution in [0.2, 0.25) is 0 Å². The first kappa shape index (κ1) is 18.0. The lowest BCUT2D eigenvalue weighted by molar-refractivity contribution is -0.199. The number of hydrogen-bond donors (Lipinski definition) is 1. The molecule has 1 N–H and O–H groups in total. The number of carbonyl (C=O) groups is 1. The molecule has 1 saturated heterocycles. The minimum absolute atomic E-state index is 0.215. The summed E-state index contributed by atoms with van der Waals surface area (Å²) in [5.74, 6) is -2.23. The Labute approximate surface area is 147 Å². The van der Waals surface area contributed by atoms with Gasteiger partial charge in [-0.25, -0.2) is 0 Å². The standard InChI is InChI=1S/C18H25NO6/c1-12(23-13(2)19-8-10-22-11-9-19)16(17(20)21)18(3)24-14-6-4-5-7-15(14)25-18/h4-7,12-13,16H,8-11H2,1-3H3,(H,20,21). The fraction of sp³-hybridized carbons (Fsp3) is 0.611. The van der Waals surface area contributed by atoms with Crippen molar-refractivity contribution in [1.82, 2.24) is 4.90 Å². The lowest BCUT2D eigenvalue weighted by atomic mass is 9.94. The molecule has 3 rings (SSSR count). The van der Waals surface area contributed by atoms with E-state index in [2.05, 4.69) is 4.90 Å². The van der Waals surface area contributed by atoms with E-state index in [1.807, 2.05) is 19.1 Å². The van der Waals surface area contributed by atoms with E-state index in [-0.39, 0.29) is 6.23 Å². The molecule has 138 valence electrons. The second-order valence-corrected chi connectivity index (χ2v) is 6.57. The summed E-state index contributed by atoms with van der Waals surface area (Å²) in [5.41, 5.74) is 0. The summed E-state index contributed by atoms with van der Waals surface area (Å²) in [6.07, 6.45) is -0.817. The number of carboxylic acid groups (broad SMARTS) is 1. The normalized spacial score (nSPS) is 23.0. The summed E-state index contributed by atoms with van der Waals surface area (Å²) in [7, 11) is 0. The van der Waals surface area contributed by atoms with Crippen molar-refractivity contribution in [3.8, 4) is 11.5 Å². The molecule has 0 aliphatic carbocycles. The lowest BCUT2D eigenvalue weighted by Crippen LogP contribution is -2.54. The molecule has 3 unspecified atom stereocenters. The Bertz CT molecular complexity index is 590. The third-order valence-corrected chi connectivity index (χ3v) is 4.75. The van der Waals surface area contributed by atoms with E-state index in [9.17, 15) is 9.90 Å². The summed E-state index contributed by atoms with van der Waals surface area (Å²) < 4.78 is 23.1. The van der Waals surface area contributed by atoms with E-state index in [1.165, 1.54) is 0 Å². The topological polar surface area (TPSA) is 77.5 Å². The van der Waals surface area contributed by atoms with Gasteiger partial charge in [0, 0.05) is 20.0 Å². The van der Waals surface area contributed by atoms with Crippen molar-refractivity contribution < 1.29 is 28.8 Å². The van der Waals surface area contributed by atoms with Crippen molar-refractivity contribution >= 4 is 5.97 Å². The molecule has 25 heavy (non-hydrogen) atoms. The highest BCUT2D eigenvalue weighted by Gasteiger charge is 2.52. The zero-order valence-corrected chi connectivity index (χ0v) is 14.8. The minimum Gasteiger partial charge on any atom is -0.481 e. The van der Waals surface area contributed by atoms with Gasteiger partial charge in [0.25, 0.3) is 5.79 Å². The van der Waals surface area contributed by atoms with Crippen LogP contribution in [0, 0.1) is 5.92 Å². The van der Waals surface area contributed by atoms with Gasteiger partial charge in [0.2, 0.25) is 0 Å². The molecule has 0 aromatic heterocycles. The van der Waals surface area contributed by atoms with Crippen LogP contribution in [0.3, 0.4) is 0 Å². The number of nitrogens with zero attached hydrogens (tertiary/aromatic N) is 1. The van der Waals surface area contributed by atoms with Gasteiger partial charge in [-0.2, -0.15) is 0 Å². The Kier molecular flexibility index (Phi) is 5.17. The summed E-state index contributed by atoms with van der Waals surface area (Å²) in [4.78, 5) is 14.1. The Balaban J connectivity index is 1.71. The number of rotatable bonds is 6. The minimum atomic E-state index is -1.32. The van der Waals surface area contributed by atoms with E-state index < -0.39 is 23.8 Å². The molecular weight excluding hydrogens is 326 g/mol.